The monoisotopic (exact) mass is 371 g/mol. The molecule has 1 N–H and O–H groups in total. The lowest BCUT2D eigenvalue weighted by Crippen LogP contribution is -2.32. The maximum Gasteiger partial charge on any atom is 0.128 e. The van der Waals surface area contributed by atoms with Crippen molar-refractivity contribution in [1.82, 2.24) is 5.32 Å². The standard InChI is InChI=1S/C16H16BrClFNO/c1-10(21-13-5-3-4-12(18)9-13)16(20-2)14-8-11(17)6-7-15(14)19/h3-10,16,20H,1-2H3. The van der Waals surface area contributed by atoms with Crippen LogP contribution in [0.15, 0.2) is 46.9 Å². The van der Waals surface area contributed by atoms with Gasteiger partial charge >= 0.3 is 0 Å². The highest BCUT2D eigenvalue weighted by atomic mass is 79.9. The average molecular weight is 373 g/mol. The molecule has 0 aromatic heterocycles. The van der Waals surface area contributed by atoms with Crippen LogP contribution in [0.1, 0.15) is 18.5 Å². The molecule has 0 aliphatic rings. The summed E-state index contributed by atoms with van der Waals surface area (Å²) < 4.78 is 20.7. The van der Waals surface area contributed by atoms with Crippen LogP contribution in [0.2, 0.25) is 5.02 Å². The number of benzene rings is 2. The molecule has 0 saturated heterocycles. The van der Waals surface area contributed by atoms with Crippen LogP contribution in [0, 0.1) is 5.82 Å². The number of nitrogens with one attached hydrogen (secondary N) is 1. The van der Waals surface area contributed by atoms with E-state index in [-0.39, 0.29) is 18.0 Å². The summed E-state index contributed by atoms with van der Waals surface area (Å²) in [5.74, 6) is 0.393. The summed E-state index contributed by atoms with van der Waals surface area (Å²) in [6.07, 6.45) is -0.266. The van der Waals surface area contributed by atoms with Gasteiger partial charge in [-0.15, -0.1) is 0 Å². The summed E-state index contributed by atoms with van der Waals surface area (Å²) in [5.41, 5.74) is 0.557. The van der Waals surface area contributed by atoms with E-state index in [0.29, 0.717) is 16.3 Å². The topological polar surface area (TPSA) is 21.3 Å². The molecule has 112 valence electrons. The molecule has 0 aliphatic carbocycles. The fourth-order valence-electron chi connectivity index (χ4n) is 2.22. The van der Waals surface area contributed by atoms with Crippen LogP contribution in [0.25, 0.3) is 0 Å². The van der Waals surface area contributed by atoms with Crippen molar-refractivity contribution in [2.75, 3.05) is 7.05 Å². The first kappa shape index (κ1) is 16.3. The van der Waals surface area contributed by atoms with Crippen LogP contribution in [-0.2, 0) is 0 Å². The zero-order valence-electron chi connectivity index (χ0n) is 11.7. The Morgan fingerprint density at radius 3 is 2.67 bits per heavy atom. The lowest BCUT2D eigenvalue weighted by atomic mass is 10.0. The first-order chi connectivity index (χ1) is 10.0. The fraction of sp³-hybridized carbons (Fsp3) is 0.250. The summed E-state index contributed by atoms with van der Waals surface area (Å²) in [5, 5.41) is 3.71. The summed E-state index contributed by atoms with van der Waals surface area (Å²) in [4.78, 5) is 0. The van der Waals surface area contributed by atoms with Crippen molar-refractivity contribution in [3.63, 3.8) is 0 Å². The lowest BCUT2D eigenvalue weighted by Gasteiger charge is -2.25. The van der Waals surface area contributed by atoms with E-state index in [1.807, 2.05) is 19.1 Å². The van der Waals surface area contributed by atoms with Gasteiger partial charge in [0.2, 0.25) is 0 Å². The van der Waals surface area contributed by atoms with E-state index in [1.54, 1.807) is 31.3 Å². The van der Waals surface area contributed by atoms with Crippen molar-refractivity contribution in [3.05, 3.63) is 63.3 Å². The molecular weight excluding hydrogens is 357 g/mol. The molecule has 0 amide bonds. The molecule has 0 bridgehead atoms. The third-order valence-corrected chi connectivity index (χ3v) is 3.92. The van der Waals surface area contributed by atoms with Gasteiger partial charge in [0.05, 0.1) is 6.04 Å². The minimum Gasteiger partial charge on any atom is -0.489 e. The number of hydrogen-bond acceptors (Lipinski definition) is 2. The van der Waals surface area contributed by atoms with Gasteiger partial charge in [-0.2, -0.15) is 0 Å². The summed E-state index contributed by atoms with van der Waals surface area (Å²) in [6.45, 7) is 1.89. The fourth-order valence-corrected chi connectivity index (χ4v) is 2.78. The van der Waals surface area contributed by atoms with Gasteiger partial charge in [0.25, 0.3) is 0 Å². The Morgan fingerprint density at radius 1 is 1.24 bits per heavy atom. The van der Waals surface area contributed by atoms with E-state index in [0.717, 1.165) is 4.47 Å². The molecule has 2 aromatic carbocycles. The van der Waals surface area contributed by atoms with Crippen LogP contribution < -0.4 is 10.1 Å². The number of likely N-dealkylation sites (N-methyl/N-ethyl adjacent to an activating group) is 1. The van der Waals surface area contributed by atoms with Crippen molar-refractivity contribution in [2.24, 2.45) is 0 Å². The minimum absolute atomic E-state index is 0.265. The van der Waals surface area contributed by atoms with E-state index >= 15 is 0 Å². The molecule has 21 heavy (non-hydrogen) atoms. The Morgan fingerprint density at radius 2 is 2.00 bits per heavy atom. The number of ether oxygens (including phenoxy) is 1. The number of halogens is 3. The molecule has 2 nitrogen and oxygen atoms in total. The Balaban J connectivity index is 2.22. The molecule has 5 heteroatoms. The summed E-state index contributed by atoms with van der Waals surface area (Å²) in [7, 11) is 1.78. The summed E-state index contributed by atoms with van der Waals surface area (Å²) in [6, 6.07) is 11.8. The largest absolute Gasteiger partial charge is 0.489 e. The Kier molecular flexibility index (Phi) is 5.62. The average Bonchev–Trinajstić information content (AvgIpc) is 2.43. The molecule has 0 aliphatic heterocycles. The molecule has 0 spiro atoms. The molecule has 2 atom stereocenters. The lowest BCUT2D eigenvalue weighted by molar-refractivity contribution is 0.173. The maximum atomic E-state index is 14.0. The van der Waals surface area contributed by atoms with Gasteiger partial charge in [0.1, 0.15) is 17.7 Å². The maximum absolute atomic E-state index is 14.0. The van der Waals surface area contributed by atoms with E-state index in [9.17, 15) is 4.39 Å². The van der Waals surface area contributed by atoms with Gasteiger partial charge in [-0.25, -0.2) is 4.39 Å². The highest BCUT2D eigenvalue weighted by molar-refractivity contribution is 9.10. The van der Waals surface area contributed by atoms with Crippen molar-refractivity contribution >= 4 is 27.5 Å². The van der Waals surface area contributed by atoms with E-state index < -0.39 is 0 Å². The van der Waals surface area contributed by atoms with Crippen LogP contribution in [0.4, 0.5) is 4.39 Å². The molecule has 2 aromatic rings. The first-order valence-corrected chi connectivity index (χ1v) is 7.73. The second kappa shape index (κ2) is 7.25. The van der Waals surface area contributed by atoms with E-state index in [1.165, 1.54) is 6.07 Å². The van der Waals surface area contributed by atoms with Gasteiger partial charge < -0.3 is 10.1 Å². The predicted octanol–water partition coefficient (Wildman–Crippen LogP) is 4.97. The van der Waals surface area contributed by atoms with Gasteiger partial charge in [0, 0.05) is 15.1 Å². The Bertz CT molecular complexity index is 623. The molecule has 2 unspecified atom stereocenters. The zero-order chi connectivity index (χ0) is 15.4. The molecule has 0 heterocycles. The third kappa shape index (κ3) is 4.19. The van der Waals surface area contributed by atoms with Gasteiger partial charge in [-0.3, -0.25) is 0 Å². The van der Waals surface area contributed by atoms with Crippen LogP contribution in [-0.4, -0.2) is 13.2 Å². The molecule has 0 fully saturated rings. The number of rotatable bonds is 5. The van der Waals surface area contributed by atoms with Crippen LogP contribution in [0.3, 0.4) is 0 Å². The SMILES string of the molecule is CNC(c1cc(Br)ccc1F)C(C)Oc1cccc(Cl)c1. The highest BCUT2D eigenvalue weighted by Gasteiger charge is 2.22. The normalized spacial score (nSPS) is 13.8. The van der Waals surface area contributed by atoms with E-state index in [2.05, 4.69) is 21.2 Å². The zero-order valence-corrected chi connectivity index (χ0v) is 14.1. The highest BCUT2D eigenvalue weighted by Crippen LogP contribution is 2.27. The van der Waals surface area contributed by atoms with Gasteiger partial charge in [0.15, 0.2) is 0 Å². The van der Waals surface area contributed by atoms with E-state index in [4.69, 9.17) is 16.3 Å². The minimum atomic E-state index is -0.276. The second-order valence-corrected chi connectivity index (χ2v) is 6.06. The third-order valence-electron chi connectivity index (χ3n) is 3.19. The van der Waals surface area contributed by atoms with Crippen molar-refractivity contribution in [3.8, 4) is 5.75 Å². The van der Waals surface area contributed by atoms with Crippen molar-refractivity contribution < 1.29 is 9.13 Å². The van der Waals surface area contributed by atoms with Gasteiger partial charge in [-0.05, 0) is 50.4 Å². The Labute approximate surface area is 137 Å². The van der Waals surface area contributed by atoms with Gasteiger partial charge in [-0.1, -0.05) is 33.6 Å². The second-order valence-electron chi connectivity index (χ2n) is 4.71. The van der Waals surface area contributed by atoms with Crippen LogP contribution >= 0.6 is 27.5 Å². The smallest absolute Gasteiger partial charge is 0.128 e. The molecule has 0 saturated carbocycles. The van der Waals surface area contributed by atoms with Crippen molar-refractivity contribution in [1.29, 1.82) is 0 Å². The summed E-state index contributed by atoms with van der Waals surface area (Å²) >= 11 is 9.31. The molecule has 0 radical (unpaired) electrons. The first-order valence-electron chi connectivity index (χ1n) is 6.55. The van der Waals surface area contributed by atoms with Crippen molar-refractivity contribution in [2.45, 2.75) is 19.1 Å². The Hall–Kier alpha value is -1.10. The quantitative estimate of drug-likeness (QED) is 0.800. The molecule has 2 rings (SSSR count). The number of hydrogen-bond donors (Lipinski definition) is 1. The molecular formula is C16H16BrClFNO. The predicted molar refractivity (Wildman–Crippen MR) is 87.4 cm³/mol. The van der Waals surface area contributed by atoms with Crippen LogP contribution in [0.5, 0.6) is 5.75 Å².